The molecule has 0 aliphatic carbocycles. The highest BCUT2D eigenvalue weighted by atomic mass is 16.3. The van der Waals surface area contributed by atoms with Crippen molar-refractivity contribution in [2.24, 2.45) is 0 Å². The molecule has 2 aromatic heterocycles. The van der Waals surface area contributed by atoms with Gasteiger partial charge in [0.15, 0.2) is 5.76 Å². The highest BCUT2D eigenvalue weighted by Crippen LogP contribution is 2.19. The van der Waals surface area contributed by atoms with E-state index < -0.39 is 5.54 Å². The molecule has 0 aromatic carbocycles. The van der Waals surface area contributed by atoms with Crippen molar-refractivity contribution in [2.75, 3.05) is 0 Å². The van der Waals surface area contributed by atoms with E-state index >= 15 is 0 Å². The summed E-state index contributed by atoms with van der Waals surface area (Å²) in [6.45, 7) is 3.87. The number of furan rings is 1. The summed E-state index contributed by atoms with van der Waals surface area (Å²) in [6.07, 6.45) is 4.89. The lowest BCUT2D eigenvalue weighted by molar-refractivity contribution is 0.0883. The quantitative estimate of drug-likeness (QED) is 0.880. The Morgan fingerprint density at radius 3 is 2.59 bits per heavy atom. The maximum Gasteiger partial charge on any atom is 0.287 e. The van der Waals surface area contributed by atoms with E-state index in [-0.39, 0.29) is 5.91 Å². The van der Waals surface area contributed by atoms with Crippen LogP contribution in [0.25, 0.3) is 0 Å². The standard InChI is InChI=1S/C13H14N2O2/c1-13(2,10-5-7-14-8-6-10)15-12(16)11-4-3-9-17-11/h3-9H,1-2H3,(H,15,16). The normalized spacial score (nSPS) is 11.2. The first-order valence-corrected chi connectivity index (χ1v) is 5.36. The van der Waals surface area contributed by atoms with Crippen LogP contribution in [0.15, 0.2) is 47.3 Å². The number of aromatic nitrogens is 1. The van der Waals surface area contributed by atoms with Crippen LogP contribution in [0.2, 0.25) is 0 Å². The van der Waals surface area contributed by atoms with Gasteiger partial charge in [-0.15, -0.1) is 0 Å². The lowest BCUT2D eigenvalue weighted by Crippen LogP contribution is -2.40. The molecule has 0 saturated heterocycles. The van der Waals surface area contributed by atoms with Gasteiger partial charge in [0.2, 0.25) is 0 Å². The Kier molecular flexibility index (Phi) is 2.95. The second-order valence-electron chi connectivity index (χ2n) is 4.29. The molecule has 0 aliphatic rings. The monoisotopic (exact) mass is 230 g/mol. The van der Waals surface area contributed by atoms with Crippen molar-refractivity contribution in [2.45, 2.75) is 19.4 Å². The molecule has 1 N–H and O–H groups in total. The highest BCUT2D eigenvalue weighted by Gasteiger charge is 2.24. The third kappa shape index (κ3) is 2.53. The SMILES string of the molecule is CC(C)(NC(=O)c1ccco1)c1ccncc1. The van der Waals surface area contributed by atoms with E-state index in [1.165, 1.54) is 6.26 Å². The molecule has 0 bridgehead atoms. The van der Waals surface area contributed by atoms with Crippen molar-refractivity contribution in [1.29, 1.82) is 0 Å². The fourth-order valence-electron chi connectivity index (χ4n) is 1.59. The Bertz CT molecular complexity index is 489. The zero-order chi connectivity index (χ0) is 12.3. The molecule has 4 nitrogen and oxygen atoms in total. The van der Waals surface area contributed by atoms with Crippen molar-refractivity contribution in [1.82, 2.24) is 10.3 Å². The Labute approximate surface area is 99.7 Å². The van der Waals surface area contributed by atoms with Crippen molar-refractivity contribution >= 4 is 5.91 Å². The average molecular weight is 230 g/mol. The molecule has 0 spiro atoms. The molecular formula is C13H14N2O2. The minimum absolute atomic E-state index is 0.225. The van der Waals surface area contributed by atoms with E-state index in [2.05, 4.69) is 10.3 Å². The van der Waals surface area contributed by atoms with Crippen molar-refractivity contribution in [3.63, 3.8) is 0 Å². The molecule has 2 rings (SSSR count). The van der Waals surface area contributed by atoms with Gasteiger partial charge in [0.05, 0.1) is 11.8 Å². The minimum Gasteiger partial charge on any atom is -0.459 e. The summed E-state index contributed by atoms with van der Waals surface area (Å²) in [6, 6.07) is 7.08. The summed E-state index contributed by atoms with van der Waals surface area (Å²) in [5, 5.41) is 2.91. The minimum atomic E-state index is -0.465. The Hall–Kier alpha value is -2.10. The van der Waals surface area contributed by atoms with Crippen LogP contribution in [0.1, 0.15) is 30.0 Å². The molecule has 0 atom stereocenters. The summed E-state index contributed by atoms with van der Waals surface area (Å²) in [5.74, 6) is 0.0870. The number of nitrogens with one attached hydrogen (secondary N) is 1. The van der Waals surface area contributed by atoms with Crippen LogP contribution in [0.3, 0.4) is 0 Å². The van der Waals surface area contributed by atoms with Crippen LogP contribution in [-0.4, -0.2) is 10.9 Å². The molecule has 2 aromatic rings. The zero-order valence-corrected chi connectivity index (χ0v) is 9.81. The maximum atomic E-state index is 11.9. The number of nitrogens with zero attached hydrogens (tertiary/aromatic N) is 1. The van der Waals surface area contributed by atoms with Gasteiger partial charge < -0.3 is 9.73 Å². The van der Waals surface area contributed by atoms with Crippen LogP contribution in [0.4, 0.5) is 0 Å². The number of carbonyl (C=O) groups excluding carboxylic acids is 1. The van der Waals surface area contributed by atoms with Gasteiger partial charge in [-0.1, -0.05) is 0 Å². The highest BCUT2D eigenvalue weighted by molar-refractivity contribution is 5.91. The number of hydrogen-bond donors (Lipinski definition) is 1. The van der Waals surface area contributed by atoms with Crippen molar-refractivity contribution in [3.05, 3.63) is 54.2 Å². The maximum absolute atomic E-state index is 11.9. The zero-order valence-electron chi connectivity index (χ0n) is 9.81. The predicted molar refractivity (Wildman–Crippen MR) is 63.4 cm³/mol. The lowest BCUT2D eigenvalue weighted by Gasteiger charge is -2.26. The summed E-state index contributed by atoms with van der Waals surface area (Å²) in [4.78, 5) is 15.8. The van der Waals surface area contributed by atoms with Gasteiger partial charge in [0.1, 0.15) is 0 Å². The second kappa shape index (κ2) is 4.41. The fourth-order valence-corrected chi connectivity index (χ4v) is 1.59. The summed E-state index contributed by atoms with van der Waals surface area (Å²) < 4.78 is 5.05. The Morgan fingerprint density at radius 1 is 1.29 bits per heavy atom. The van der Waals surface area contributed by atoms with Crippen LogP contribution >= 0.6 is 0 Å². The first-order valence-electron chi connectivity index (χ1n) is 5.36. The van der Waals surface area contributed by atoms with Gasteiger partial charge in [0.25, 0.3) is 5.91 Å². The van der Waals surface area contributed by atoms with Gasteiger partial charge in [0, 0.05) is 12.4 Å². The van der Waals surface area contributed by atoms with E-state index in [4.69, 9.17) is 4.42 Å². The van der Waals surface area contributed by atoms with Crippen molar-refractivity contribution in [3.8, 4) is 0 Å². The van der Waals surface area contributed by atoms with Gasteiger partial charge in [-0.3, -0.25) is 9.78 Å². The number of hydrogen-bond acceptors (Lipinski definition) is 3. The molecule has 17 heavy (non-hydrogen) atoms. The van der Waals surface area contributed by atoms with E-state index in [0.717, 1.165) is 5.56 Å². The summed E-state index contributed by atoms with van der Waals surface area (Å²) in [7, 11) is 0. The fraction of sp³-hybridized carbons (Fsp3) is 0.231. The van der Waals surface area contributed by atoms with Gasteiger partial charge in [-0.05, 0) is 43.7 Å². The third-order valence-corrected chi connectivity index (χ3v) is 2.57. The first-order chi connectivity index (χ1) is 8.09. The average Bonchev–Trinajstić information content (AvgIpc) is 2.83. The van der Waals surface area contributed by atoms with Crippen LogP contribution < -0.4 is 5.32 Å². The molecular weight excluding hydrogens is 216 g/mol. The second-order valence-corrected chi connectivity index (χ2v) is 4.29. The van der Waals surface area contributed by atoms with E-state index in [0.29, 0.717) is 5.76 Å². The van der Waals surface area contributed by atoms with E-state index in [1.54, 1.807) is 24.5 Å². The summed E-state index contributed by atoms with van der Waals surface area (Å²) >= 11 is 0. The summed E-state index contributed by atoms with van der Waals surface area (Å²) in [5.41, 5.74) is 0.528. The molecule has 88 valence electrons. The number of pyridine rings is 1. The molecule has 0 saturated carbocycles. The van der Waals surface area contributed by atoms with Gasteiger partial charge in [-0.2, -0.15) is 0 Å². The largest absolute Gasteiger partial charge is 0.459 e. The van der Waals surface area contributed by atoms with Gasteiger partial charge >= 0.3 is 0 Å². The Morgan fingerprint density at radius 2 is 2.00 bits per heavy atom. The first kappa shape index (κ1) is 11.4. The van der Waals surface area contributed by atoms with Crippen LogP contribution in [-0.2, 0) is 5.54 Å². The number of carbonyl (C=O) groups is 1. The van der Waals surface area contributed by atoms with Gasteiger partial charge in [-0.25, -0.2) is 0 Å². The molecule has 0 fully saturated rings. The van der Waals surface area contributed by atoms with E-state index in [9.17, 15) is 4.79 Å². The third-order valence-electron chi connectivity index (χ3n) is 2.57. The lowest BCUT2D eigenvalue weighted by atomic mass is 9.95. The van der Waals surface area contributed by atoms with Crippen LogP contribution in [0, 0.1) is 0 Å². The number of amides is 1. The van der Waals surface area contributed by atoms with E-state index in [1.807, 2.05) is 26.0 Å². The predicted octanol–water partition coefficient (Wildman–Crippen LogP) is 2.34. The molecule has 2 heterocycles. The molecule has 0 aliphatic heterocycles. The molecule has 4 heteroatoms. The molecule has 0 radical (unpaired) electrons. The molecule has 0 unspecified atom stereocenters. The van der Waals surface area contributed by atoms with Crippen LogP contribution in [0.5, 0.6) is 0 Å². The smallest absolute Gasteiger partial charge is 0.287 e. The molecule has 1 amide bonds. The Balaban J connectivity index is 2.15. The van der Waals surface area contributed by atoms with Crippen molar-refractivity contribution < 1.29 is 9.21 Å². The topological polar surface area (TPSA) is 55.1 Å². The number of rotatable bonds is 3.